The quantitative estimate of drug-likeness (QED) is 0.812. The van der Waals surface area contributed by atoms with Gasteiger partial charge in [-0.25, -0.2) is 4.98 Å². The molecule has 2 aliphatic rings. The van der Waals surface area contributed by atoms with Crippen LogP contribution >= 0.6 is 22.6 Å². The number of H-pyrrole nitrogens is 1. The highest BCUT2D eigenvalue weighted by atomic mass is 127. The Balaban J connectivity index is 1.84. The lowest BCUT2D eigenvalue weighted by Crippen LogP contribution is -2.15. The zero-order valence-electron chi connectivity index (χ0n) is 10.5. The van der Waals surface area contributed by atoms with Crippen LogP contribution < -0.4 is 15.0 Å². The topological polar surface area (TPSA) is 64.2 Å². The summed E-state index contributed by atoms with van der Waals surface area (Å²) in [5.41, 5.74) is 1.68. The van der Waals surface area contributed by atoms with Crippen molar-refractivity contribution in [2.75, 3.05) is 6.79 Å². The van der Waals surface area contributed by atoms with Crippen molar-refractivity contribution >= 4 is 22.6 Å². The first-order valence-electron chi connectivity index (χ1n) is 6.42. The van der Waals surface area contributed by atoms with E-state index in [1.165, 1.54) is 0 Å². The number of benzene rings is 1. The molecule has 1 aromatic heterocycles. The lowest BCUT2D eigenvalue weighted by atomic mass is 10.1. The van der Waals surface area contributed by atoms with Crippen LogP contribution in [0.4, 0.5) is 0 Å². The first-order valence-corrected chi connectivity index (χ1v) is 7.50. The molecule has 1 aliphatic heterocycles. The number of fused-ring (bicyclic) bond motifs is 1. The molecule has 0 amide bonds. The van der Waals surface area contributed by atoms with Gasteiger partial charge in [-0.2, -0.15) is 0 Å². The second kappa shape index (κ2) is 4.47. The molecule has 0 radical (unpaired) electrons. The van der Waals surface area contributed by atoms with E-state index >= 15 is 0 Å². The first kappa shape index (κ1) is 12.2. The van der Waals surface area contributed by atoms with E-state index in [9.17, 15) is 4.79 Å². The summed E-state index contributed by atoms with van der Waals surface area (Å²) in [6, 6.07) is 5.58. The average Bonchev–Trinajstić information content (AvgIpc) is 3.18. The van der Waals surface area contributed by atoms with Gasteiger partial charge in [-0.05, 0) is 53.6 Å². The number of ether oxygens (including phenoxy) is 2. The van der Waals surface area contributed by atoms with E-state index in [2.05, 4.69) is 32.6 Å². The summed E-state index contributed by atoms with van der Waals surface area (Å²) in [5.74, 6) is 2.45. The summed E-state index contributed by atoms with van der Waals surface area (Å²) in [7, 11) is 0. The highest BCUT2D eigenvalue weighted by Crippen LogP contribution is 2.41. The highest BCUT2D eigenvalue weighted by molar-refractivity contribution is 14.1. The first-order chi connectivity index (χ1) is 9.72. The summed E-state index contributed by atoms with van der Waals surface area (Å²) in [6.07, 6.45) is 2.24. The number of halogens is 1. The Hall–Kier alpha value is -1.57. The molecule has 0 atom stereocenters. The lowest BCUT2D eigenvalue weighted by Gasteiger charge is -2.06. The second-order valence-corrected chi connectivity index (χ2v) is 6.03. The molecule has 5 nitrogen and oxygen atoms in total. The zero-order chi connectivity index (χ0) is 13.7. The van der Waals surface area contributed by atoms with Gasteiger partial charge in [0.25, 0.3) is 5.56 Å². The van der Waals surface area contributed by atoms with Gasteiger partial charge in [-0.15, -0.1) is 0 Å². The molecule has 0 unspecified atom stereocenters. The zero-order valence-corrected chi connectivity index (χ0v) is 12.6. The minimum absolute atomic E-state index is 0.0739. The van der Waals surface area contributed by atoms with Gasteiger partial charge in [0, 0.05) is 11.5 Å². The molecule has 0 spiro atoms. The lowest BCUT2D eigenvalue weighted by molar-refractivity contribution is 0.174. The molecule has 1 N–H and O–H groups in total. The Morgan fingerprint density at radius 1 is 1.25 bits per heavy atom. The predicted molar refractivity (Wildman–Crippen MR) is 81.1 cm³/mol. The summed E-state index contributed by atoms with van der Waals surface area (Å²) >= 11 is 2.07. The highest BCUT2D eigenvalue weighted by Gasteiger charge is 2.29. The SMILES string of the molecule is O=c1[nH]c(-c2ccc3c(c2)OCO3)nc(C2CC2)c1I. The number of aromatic amines is 1. The van der Waals surface area contributed by atoms with E-state index in [-0.39, 0.29) is 12.4 Å². The third-order valence-corrected chi connectivity index (χ3v) is 4.54. The van der Waals surface area contributed by atoms with E-state index in [0.29, 0.717) is 21.1 Å². The van der Waals surface area contributed by atoms with E-state index in [1.54, 1.807) is 0 Å². The number of hydrogen-bond acceptors (Lipinski definition) is 4. The Morgan fingerprint density at radius 2 is 2.05 bits per heavy atom. The van der Waals surface area contributed by atoms with Gasteiger partial charge in [-0.1, -0.05) is 0 Å². The van der Waals surface area contributed by atoms with E-state index in [0.717, 1.165) is 29.8 Å². The van der Waals surface area contributed by atoms with Crippen molar-refractivity contribution in [3.05, 3.63) is 37.8 Å². The van der Waals surface area contributed by atoms with E-state index in [4.69, 9.17) is 9.47 Å². The van der Waals surface area contributed by atoms with Crippen molar-refractivity contribution in [3.63, 3.8) is 0 Å². The Kier molecular flexibility index (Phi) is 2.73. The van der Waals surface area contributed by atoms with Crippen molar-refractivity contribution in [1.29, 1.82) is 0 Å². The van der Waals surface area contributed by atoms with Crippen LogP contribution in [0.1, 0.15) is 24.5 Å². The monoisotopic (exact) mass is 382 g/mol. The Bertz CT molecular complexity index is 753. The molecule has 0 saturated heterocycles. The standard InChI is InChI=1S/C14H11IN2O3/c15-11-12(7-1-2-7)16-13(17-14(11)18)8-3-4-9-10(5-8)20-6-19-9/h3-5,7H,1-2,6H2,(H,16,17,18). The van der Waals surface area contributed by atoms with Crippen molar-refractivity contribution in [2.45, 2.75) is 18.8 Å². The molecule has 2 aromatic rings. The predicted octanol–water partition coefficient (Wildman–Crippen LogP) is 2.65. The number of nitrogens with one attached hydrogen (secondary N) is 1. The normalized spacial score (nSPS) is 16.4. The van der Waals surface area contributed by atoms with Crippen molar-refractivity contribution in [2.24, 2.45) is 0 Å². The molecular formula is C14H11IN2O3. The van der Waals surface area contributed by atoms with Gasteiger partial charge < -0.3 is 14.5 Å². The van der Waals surface area contributed by atoms with Gasteiger partial charge in [0.05, 0.1) is 9.26 Å². The molecule has 0 bridgehead atoms. The maximum Gasteiger partial charge on any atom is 0.264 e. The summed E-state index contributed by atoms with van der Waals surface area (Å²) in [4.78, 5) is 19.5. The fraction of sp³-hybridized carbons (Fsp3) is 0.286. The molecule has 1 fully saturated rings. The number of hydrogen-bond donors (Lipinski definition) is 1. The van der Waals surface area contributed by atoms with Crippen LogP contribution in [-0.2, 0) is 0 Å². The largest absolute Gasteiger partial charge is 0.454 e. The fourth-order valence-corrected chi connectivity index (χ4v) is 2.98. The Labute approximate surface area is 128 Å². The second-order valence-electron chi connectivity index (χ2n) is 4.96. The number of aromatic nitrogens is 2. The summed E-state index contributed by atoms with van der Waals surface area (Å²) in [5, 5.41) is 0. The summed E-state index contributed by atoms with van der Waals surface area (Å²) < 4.78 is 11.4. The van der Waals surface area contributed by atoms with Crippen molar-refractivity contribution < 1.29 is 9.47 Å². The van der Waals surface area contributed by atoms with Gasteiger partial charge in [0.1, 0.15) is 5.82 Å². The average molecular weight is 382 g/mol. The maximum atomic E-state index is 12.0. The molecule has 4 rings (SSSR count). The van der Waals surface area contributed by atoms with Crippen LogP contribution in [0.3, 0.4) is 0 Å². The van der Waals surface area contributed by atoms with Crippen LogP contribution in [0, 0.1) is 3.57 Å². The number of nitrogens with zero attached hydrogens (tertiary/aromatic N) is 1. The van der Waals surface area contributed by atoms with Gasteiger partial charge >= 0.3 is 0 Å². The minimum atomic E-state index is -0.0739. The van der Waals surface area contributed by atoms with E-state index < -0.39 is 0 Å². The van der Waals surface area contributed by atoms with Crippen LogP contribution in [-0.4, -0.2) is 16.8 Å². The number of rotatable bonds is 2. The fourth-order valence-electron chi connectivity index (χ4n) is 2.28. The van der Waals surface area contributed by atoms with Crippen LogP contribution in [0.5, 0.6) is 11.5 Å². The van der Waals surface area contributed by atoms with Gasteiger partial charge in [0.2, 0.25) is 6.79 Å². The van der Waals surface area contributed by atoms with Gasteiger partial charge in [-0.3, -0.25) is 4.79 Å². The molecule has 1 saturated carbocycles. The molecule has 102 valence electrons. The summed E-state index contributed by atoms with van der Waals surface area (Å²) in [6.45, 7) is 0.239. The molecule has 1 aliphatic carbocycles. The van der Waals surface area contributed by atoms with Crippen molar-refractivity contribution in [1.82, 2.24) is 9.97 Å². The smallest absolute Gasteiger partial charge is 0.264 e. The maximum absolute atomic E-state index is 12.0. The molecule has 1 aromatic carbocycles. The van der Waals surface area contributed by atoms with Crippen LogP contribution in [0.25, 0.3) is 11.4 Å². The minimum Gasteiger partial charge on any atom is -0.454 e. The van der Waals surface area contributed by atoms with Crippen molar-refractivity contribution in [3.8, 4) is 22.9 Å². The van der Waals surface area contributed by atoms with Crippen LogP contribution in [0.2, 0.25) is 0 Å². The third-order valence-electron chi connectivity index (χ3n) is 3.50. The molecular weight excluding hydrogens is 371 g/mol. The van der Waals surface area contributed by atoms with E-state index in [1.807, 2.05) is 18.2 Å². The Morgan fingerprint density at radius 3 is 2.85 bits per heavy atom. The molecule has 6 heteroatoms. The molecule has 20 heavy (non-hydrogen) atoms. The third kappa shape index (κ3) is 1.98. The van der Waals surface area contributed by atoms with Gasteiger partial charge in [0.15, 0.2) is 11.5 Å². The van der Waals surface area contributed by atoms with Crippen LogP contribution in [0.15, 0.2) is 23.0 Å². The molecule has 2 heterocycles.